The van der Waals surface area contributed by atoms with E-state index < -0.39 is 0 Å². The summed E-state index contributed by atoms with van der Waals surface area (Å²) in [4.78, 5) is 34.9. The molecule has 1 N–H and O–H groups in total. The molecule has 0 bridgehead atoms. The van der Waals surface area contributed by atoms with Gasteiger partial charge in [-0.1, -0.05) is 0 Å². The Morgan fingerprint density at radius 3 is 2.44 bits per heavy atom. The average molecular weight is 391 g/mol. The first-order chi connectivity index (χ1) is 13.0. The zero-order chi connectivity index (χ0) is 19.0. The molecule has 0 unspecified atom stereocenters. The fourth-order valence-corrected chi connectivity index (χ4v) is 5.29. The molecule has 0 aromatic carbocycles. The number of carbonyl (C=O) groups excluding carboxylic acids is 2. The van der Waals surface area contributed by atoms with Crippen molar-refractivity contribution in [2.75, 3.05) is 26.2 Å². The Hall–Kier alpha value is -1.47. The normalized spacial score (nSPS) is 24.8. The van der Waals surface area contributed by atoms with Gasteiger partial charge in [0.2, 0.25) is 5.91 Å². The van der Waals surface area contributed by atoms with Crippen LogP contribution in [0.15, 0.2) is 0 Å². The van der Waals surface area contributed by atoms with E-state index in [9.17, 15) is 9.59 Å². The summed E-state index contributed by atoms with van der Waals surface area (Å²) in [5.41, 5.74) is 0.852. The first kappa shape index (κ1) is 18.9. The van der Waals surface area contributed by atoms with E-state index in [1.54, 1.807) is 0 Å². The summed E-state index contributed by atoms with van der Waals surface area (Å²) in [5, 5.41) is 4.12. The highest BCUT2D eigenvalue weighted by Gasteiger charge is 2.34. The lowest BCUT2D eigenvalue weighted by Gasteiger charge is -2.42. The van der Waals surface area contributed by atoms with E-state index in [1.807, 2.05) is 18.7 Å². The molecular formula is C20H30N4O2S. The van der Waals surface area contributed by atoms with E-state index in [0.717, 1.165) is 80.3 Å². The Morgan fingerprint density at radius 2 is 1.81 bits per heavy atom. The van der Waals surface area contributed by atoms with Gasteiger partial charge in [-0.05, 0) is 58.9 Å². The first-order valence-electron chi connectivity index (χ1n) is 10.3. The number of hydrogen-bond donors (Lipinski definition) is 1. The Morgan fingerprint density at radius 1 is 1.07 bits per heavy atom. The molecule has 3 aliphatic rings. The van der Waals surface area contributed by atoms with Crippen LogP contribution in [-0.2, 0) is 4.79 Å². The van der Waals surface area contributed by atoms with Crippen LogP contribution in [-0.4, -0.2) is 64.9 Å². The molecule has 148 valence electrons. The summed E-state index contributed by atoms with van der Waals surface area (Å²) in [5.74, 6) is 0.532. The zero-order valence-corrected chi connectivity index (χ0v) is 17.2. The van der Waals surface area contributed by atoms with Gasteiger partial charge < -0.3 is 10.2 Å². The van der Waals surface area contributed by atoms with E-state index in [-0.39, 0.29) is 17.7 Å². The summed E-state index contributed by atoms with van der Waals surface area (Å²) in [6.07, 6.45) is 6.40. The highest BCUT2D eigenvalue weighted by Crippen LogP contribution is 2.27. The maximum absolute atomic E-state index is 12.8. The summed E-state index contributed by atoms with van der Waals surface area (Å²) in [6.45, 7) is 7.44. The minimum atomic E-state index is 0.136. The summed E-state index contributed by atoms with van der Waals surface area (Å²) in [6, 6.07) is 0.941. The molecule has 1 aliphatic carbocycles. The molecule has 1 atom stereocenters. The largest absolute Gasteiger partial charge is 0.353 e. The van der Waals surface area contributed by atoms with Crippen LogP contribution < -0.4 is 5.32 Å². The Kier molecular flexibility index (Phi) is 5.50. The zero-order valence-electron chi connectivity index (χ0n) is 16.4. The number of piperidine rings is 2. The van der Waals surface area contributed by atoms with E-state index >= 15 is 0 Å². The van der Waals surface area contributed by atoms with E-state index in [1.165, 1.54) is 11.3 Å². The lowest BCUT2D eigenvalue weighted by molar-refractivity contribution is -0.127. The van der Waals surface area contributed by atoms with Crippen molar-refractivity contribution in [3.8, 4) is 0 Å². The van der Waals surface area contributed by atoms with Crippen molar-refractivity contribution < 1.29 is 9.59 Å². The fraction of sp³-hybridized carbons (Fsp3) is 0.750. The number of rotatable bonds is 4. The second kappa shape index (κ2) is 7.87. The van der Waals surface area contributed by atoms with Crippen LogP contribution >= 0.6 is 11.3 Å². The lowest BCUT2D eigenvalue weighted by Crippen LogP contribution is -2.51. The molecule has 0 spiro atoms. The molecule has 6 nitrogen and oxygen atoms in total. The average Bonchev–Trinajstić information content (AvgIpc) is 3.43. The lowest BCUT2D eigenvalue weighted by atomic mass is 9.93. The van der Waals surface area contributed by atoms with Gasteiger partial charge in [0.05, 0.1) is 16.6 Å². The van der Waals surface area contributed by atoms with Crippen LogP contribution in [0.1, 0.15) is 58.9 Å². The van der Waals surface area contributed by atoms with Crippen molar-refractivity contribution in [2.45, 2.75) is 64.5 Å². The molecule has 2 amide bonds. The van der Waals surface area contributed by atoms with Gasteiger partial charge in [0, 0.05) is 31.7 Å². The molecule has 4 rings (SSSR count). The third-order valence-corrected chi connectivity index (χ3v) is 7.17. The molecule has 27 heavy (non-hydrogen) atoms. The van der Waals surface area contributed by atoms with Crippen LogP contribution in [0.2, 0.25) is 0 Å². The minimum absolute atomic E-state index is 0.136. The highest BCUT2D eigenvalue weighted by atomic mass is 32.1. The van der Waals surface area contributed by atoms with Gasteiger partial charge in [-0.3, -0.25) is 14.5 Å². The first-order valence-corrected chi connectivity index (χ1v) is 11.1. The van der Waals surface area contributed by atoms with Gasteiger partial charge in [-0.2, -0.15) is 0 Å². The number of aryl methyl sites for hydroxylation is 2. The number of carbonyl (C=O) groups is 2. The Labute approximate surface area is 165 Å². The molecular weight excluding hydrogens is 360 g/mol. The fourth-order valence-electron chi connectivity index (χ4n) is 4.41. The summed E-state index contributed by atoms with van der Waals surface area (Å²) in [7, 11) is 0. The number of aromatic nitrogens is 1. The van der Waals surface area contributed by atoms with E-state index in [2.05, 4.69) is 15.2 Å². The smallest absolute Gasteiger partial charge is 0.265 e. The van der Waals surface area contributed by atoms with Crippen molar-refractivity contribution in [3.63, 3.8) is 0 Å². The monoisotopic (exact) mass is 390 g/mol. The Balaban J connectivity index is 1.30. The van der Waals surface area contributed by atoms with Crippen LogP contribution in [0.4, 0.5) is 0 Å². The third-order valence-electron chi connectivity index (χ3n) is 6.11. The van der Waals surface area contributed by atoms with Crippen molar-refractivity contribution in [2.24, 2.45) is 5.92 Å². The third kappa shape index (κ3) is 4.35. The minimum Gasteiger partial charge on any atom is -0.353 e. The molecule has 3 heterocycles. The van der Waals surface area contributed by atoms with Crippen LogP contribution in [0, 0.1) is 19.8 Å². The van der Waals surface area contributed by atoms with Gasteiger partial charge in [0.15, 0.2) is 0 Å². The van der Waals surface area contributed by atoms with Gasteiger partial charge in [0.25, 0.3) is 5.91 Å². The molecule has 7 heteroatoms. The number of likely N-dealkylation sites (tertiary alicyclic amines) is 2. The van der Waals surface area contributed by atoms with Crippen LogP contribution in [0.25, 0.3) is 0 Å². The number of hydrogen-bond acceptors (Lipinski definition) is 5. The van der Waals surface area contributed by atoms with Crippen LogP contribution in [0.3, 0.4) is 0 Å². The molecule has 1 aromatic rings. The quantitative estimate of drug-likeness (QED) is 0.857. The van der Waals surface area contributed by atoms with Crippen LogP contribution in [0.5, 0.6) is 0 Å². The van der Waals surface area contributed by atoms with Crippen molar-refractivity contribution in [3.05, 3.63) is 15.6 Å². The number of amides is 2. The maximum Gasteiger partial charge on any atom is 0.265 e. The van der Waals surface area contributed by atoms with Gasteiger partial charge >= 0.3 is 0 Å². The standard InChI is InChI=1S/C20H30N4O2S/c1-13-18(27-14(2)21-13)20(26)23-10-7-17(8-11-23)24-9-3-4-15(12-24)19(25)22-16-5-6-16/h15-17H,3-12H2,1-2H3,(H,22,25)/t15-/m0/s1. The number of thiazole rings is 1. The predicted molar refractivity (Wildman–Crippen MR) is 106 cm³/mol. The predicted octanol–water partition coefficient (Wildman–Crippen LogP) is 2.36. The summed E-state index contributed by atoms with van der Waals surface area (Å²) < 4.78 is 0. The van der Waals surface area contributed by atoms with Crippen molar-refractivity contribution in [1.82, 2.24) is 20.1 Å². The number of nitrogens with zero attached hydrogens (tertiary/aromatic N) is 3. The molecule has 1 aromatic heterocycles. The molecule has 2 saturated heterocycles. The molecule has 0 radical (unpaired) electrons. The topological polar surface area (TPSA) is 65.5 Å². The second-order valence-electron chi connectivity index (χ2n) is 8.29. The Bertz CT molecular complexity index is 707. The van der Waals surface area contributed by atoms with Gasteiger partial charge in [-0.25, -0.2) is 4.98 Å². The van der Waals surface area contributed by atoms with Gasteiger partial charge in [-0.15, -0.1) is 11.3 Å². The van der Waals surface area contributed by atoms with E-state index in [4.69, 9.17) is 0 Å². The maximum atomic E-state index is 12.8. The van der Waals surface area contributed by atoms with E-state index in [0.29, 0.717) is 12.1 Å². The van der Waals surface area contributed by atoms with Crippen molar-refractivity contribution in [1.29, 1.82) is 0 Å². The SMILES string of the molecule is Cc1nc(C)c(C(=O)N2CCC(N3CCC[C@H](C(=O)NC4CC4)C3)CC2)s1. The molecule has 3 fully saturated rings. The van der Waals surface area contributed by atoms with Crippen molar-refractivity contribution >= 4 is 23.2 Å². The molecule has 2 aliphatic heterocycles. The number of nitrogens with one attached hydrogen (secondary N) is 1. The summed E-state index contributed by atoms with van der Waals surface area (Å²) >= 11 is 1.50. The highest BCUT2D eigenvalue weighted by molar-refractivity contribution is 7.13. The molecule has 1 saturated carbocycles. The second-order valence-corrected chi connectivity index (χ2v) is 9.49. The van der Waals surface area contributed by atoms with Gasteiger partial charge in [0.1, 0.15) is 4.88 Å².